The number of benzene rings is 2. The lowest BCUT2D eigenvalue weighted by molar-refractivity contribution is -0.132. The van der Waals surface area contributed by atoms with Crippen molar-refractivity contribution < 1.29 is 4.79 Å². The zero-order valence-corrected chi connectivity index (χ0v) is 18.6. The molecule has 0 spiro atoms. The minimum atomic E-state index is -0.616. The number of nitrogens with zero attached hydrogens (tertiary/aromatic N) is 2. The van der Waals surface area contributed by atoms with Crippen molar-refractivity contribution in [1.29, 1.82) is 0 Å². The predicted octanol–water partition coefficient (Wildman–Crippen LogP) is 4.31. The topological polar surface area (TPSA) is 44.7 Å². The predicted molar refractivity (Wildman–Crippen MR) is 125 cm³/mol. The quantitative estimate of drug-likeness (QED) is 0.732. The van der Waals surface area contributed by atoms with Crippen LogP contribution in [0.15, 0.2) is 65.7 Å². The Labute approximate surface area is 185 Å². The Morgan fingerprint density at radius 1 is 1.10 bits per heavy atom. The fourth-order valence-electron chi connectivity index (χ4n) is 6.28. The Balaban J connectivity index is 1.41. The van der Waals surface area contributed by atoms with E-state index < -0.39 is 5.54 Å². The van der Waals surface area contributed by atoms with Gasteiger partial charge in [-0.15, -0.1) is 0 Å². The average molecular weight is 416 g/mol. The van der Waals surface area contributed by atoms with Crippen LogP contribution in [0.25, 0.3) is 0 Å². The molecule has 1 amide bonds. The summed E-state index contributed by atoms with van der Waals surface area (Å²) in [7, 11) is 0. The van der Waals surface area contributed by atoms with Gasteiger partial charge in [0, 0.05) is 43.7 Å². The molecule has 4 aliphatic rings. The molecule has 2 aromatic carbocycles. The molecule has 2 aromatic rings. The highest BCUT2D eigenvalue weighted by atomic mass is 16.2. The summed E-state index contributed by atoms with van der Waals surface area (Å²) in [4.78, 5) is 21.3. The minimum absolute atomic E-state index is 0.118. The first-order valence-electron chi connectivity index (χ1n) is 11.7. The molecule has 1 aliphatic carbocycles. The Bertz CT molecular complexity index is 941. The molecule has 31 heavy (non-hydrogen) atoms. The van der Waals surface area contributed by atoms with Crippen molar-refractivity contribution in [3.05, 3.63) is 71.8 Å². The van der Waals surface area contributed by atoms with E-state index in [1.807, 2.05) is 18.2 Å². The maximum Gasteiger partial charge on any atom is 0.248 e. The van der Waals surface area contributed by atoms with Crippen molar-refractivity contribution in [3.63, 3.8) is 0 Å². The van der Waals surface area contributed by atoms with Crippen LogP contribution in [-0.2, 0) is 17.9 Å². The first-order valence-corrected chi connectivity index (χ1v) is 11.7. The zero-order valence-electron chi connectivity index (χ0n) is 18.6. The van der Waals surface area contributed by atoms with Crippen molar-refractivity contribution in [1.82, 2.24) is 10.2 Å². The van der Waals surface area contributed by atoms with Crippen molar-refractivity contribution in [3.8, 4) is 0 Å². The summed E-state index contributed by atoms with van der Waals surface area (Å²) in [6.07, 6.45) is 4.06. The van der Waals surface area contributed by atoms with Gasteiger partial charge >= 0.3 is 0 Å². The number of amides is 1. The fourth-order valence-corrected chi connectivity index (χ4v) is 6.28. The van der Waals surface area contributed by atoms with Gasteiger partial charge in [-0.25, -0.2) is 0 Å². The summed E-state index contributed by atoms with van der Waals surface area (Å²) in [5.41, 5.74) is 1.87. The maximum atomic E-state index is 13.7. The lowest BCUT2D eigenvalue weighted by Crippen LogP contribution is -2.63. The molecule has 1 N–H and O–H groups in total. The molecule has 1 saturated carbocycles. The van der Waals surface area contributed by atoms with Gasteiger partial charge in [-0.2, -0.15) is 0 Å². The van der Waals surface area contributed by atoms with Crippen molar-refractivity contribution in [2.24, 2.45) is 28.7 Å². The highest BCUT2D eigenvalue weighted by Crippen LogP contribution is 2.54. The van der Waals surface area contributed by atoms with Gasteiger partial charge in [0.1, 0.15) is 5.54 Å². The van der Waals surface area contributed by atoms with Gasteiger partial charge in [0.25, 0.3) is 0 Å². The van der Waals surface area contributed by atoms with Crippen LogP contribution in [-0.4, -0.2) is 35.1 Å². The van der Waals surface area contributed by atoms with Gasteiger partial charge in [-0.1, -0.05) is 74.5 Å². The first kappa shape index (κ1) is 20.4. The average Bonchev–Trinajstić information content (AvgIpc) is 3.08. The molecular weight excluding hydrogens is 382 g/mol. The molecule has 3 aliphatic heterocycles. The molecule has 0 unspecified atom stereocenters. The molecule has 3 heterocycles. The van der Waals surface area contributed by atoms with Gasteiger partial charge < -0.3 is 5.32 Å². The van der Waals surface area contributed by atoms with Gasteiger partial charge in [-0.05, 0) is 35.8 Å². The van der Waals surface area contributed by atoms with Gasteiger partial charge in [0.05, 0.1) is 0 Å². The van der Waals surface area contributed by atoms with Crippen molar-refractivity contribution >= 4 is 12.1 Å². The van der Waals surface area contributed by atoms with Crippen LogP contribution in [0.4, 0.5) is 0 Å². The normalized spacial score (nSPS) is 31.3. The van der Waals surface area contributed by atoms with Gasteiger partial charge in [0.2, 0.25) is 5.91 Å². The highest BCUT2D eigenvalue weighted by Gasteiger charge is 2.63. The van der Waals surface area contributed by atoms with Crippen LogP contribution in [0.5, 0.6) is 0 Å². The maximum absolute atomic E-state index is 13.7. The van der Waals surface area contributed by atoms with E-state index in [9.17, 15) is 4.79 Å². The molecule has 0 radical (unpaired) electrons. The van der Waals surface area contributed by atoms with Gasteiger partial charge in [-0.3, -0.25) is 14.7 Å². The third-order valence-electron chi connectivity index (χ3n) is 7.55. The van der Waals surface area contributed by atoms with E-state index in [0.29, 0.717) is 30.3 Å². The number of nitrogens with one attached hydrogen (secondary N) is 1. The Morgan fingerprint density at radius 2 is 1.77 bits per heavy atom. The molecule has 6 rings (SSSR count). The lowest BCUT2D eigenvalue weighted by Gasteiger charge is -2.51. The molecule has 4 nitrogen and oxygen atoms in total. The second kappa shape index (κ2) is 8.23. The van der Waals surface area contributed by atoms with E-state index in [1.165, 1.54) is 5.56 Å². The number of likely N-dealkylation sites (tertiary alicyclic amines) is 1. The molecule has 2 fully saturated rings. The standard InChI is InChI=1S/C27H33N3O/c1-19(2)13-24-25-23-16-29-27(24,26(31)28-15-20-9-5-3-6-10-20)14-22(23)18-30(25)17-21-11-7-4-8-12-21/h3-12,16,19,22-25H,13-15,17-18H2,1-2H3,(H,28,31)/t22-,23-,24+,25+,27+/m1/s1. The minimum Gasteiger partial charge on any atom is -0.350 e. The number of hydrogen-bond donors (Lipinski definition) is 1. The van der Waals surface area contributed by atoms with Crippen molar-refractivity contribution in [2.75, 3.05) is 6.54 Å². The lowest BCUT2D eigenvalue weighted by atomic mass is 9.59. The summed E-state index contributed by atoms with van der Waals surface area (Å²) in [5.74, 6) is 1.93. The summed E-state index contributed by atoms with van der Waals surface area (Å²) in [5, 5.41) is 3.25. The highest BCUT2D eigenvalue weighted by molar-refractivity contribution is 5.91. The SMILES string of the molecule is CC(C)C[C@H]1[C@@H]2[C@@H]3C=N[C@@]1(C(=O)NCc1ccccc1)C[C@@H]3CN2Cc1ccccc1. The third kappa shape index (κ3) is 3.71. The smallest absolute Gasteiger partial charge is 0.248 e. The fraction of sp³-hybridized carbons (Fsp3) is 0.481. The van der Waals surface area contributed by atoms with Crippen LogP contribution in [0.3, 0.4) is 0 Å². The zero-order chi connectivity index (χ0) is 21.4. The van der Waals surface area contributed by atoms with Crippen LogP contribution in [0, 0.1) is 23.7 Å². The van der Waals surface area contributed by atoms with Crippen LogP contribution >= 0.6 is 0 Å². The largest absolute Gasteiger partial charge is 0.350 e. The van der Waals surface area contributed by atoms with E-state index in [-0.39, 0.29) is 11.8 Å². The number of carbonyl (C=O) groups excluding carboxylic acids is 1. The second-order valence-corrected chi connectivity index (χ2v) is 10.1. The Morgan fingerprint density at radius 3 is 2.45 bits per heavy atom. The molecule has 0 aromatic heterocycles. The summed E-state index contributed by atoms with van der Waals surface area (Å²) >= 11 is 0. The number of rotatable bonds is 7. The molecule has 5 atom stereocenters. The Hall–Kier alpha value is -2.46. The van der Waals surface area contributed by atoms with Crippen LogP contribution < -0.4 is 5.32 Å². The van der Waals surface area contributed by atoms with Gasteiger partial charge in [0.15, 0.2) is 0 Å². The number of hydrogen-bond acceptors (Lipinski definition) is 3. The second-order valence-electron chi connectivity index (χ2n) is 10.1. The van der Waals surface area contributed by atoms with E-state index in [1.54, 1.807) is 0 Å². The molecule has 1 saturated heterocycles. The van der Waals surface area contributed by atoms with E-state index in [2.05, 4.69) is 72.7 Å². The summed E-state index contributed by atoms with van der Waals surface area (Å²) < 4.78 is 0. The van der Waals surface area contributed by atoms with E-state index >= 15 is 0 Å². The van der Waals surface area contributed by atoms with E-state index in [0.717, 1.165) is 31.5 Å². The van der Waals surface area contributed by atoms with Crippen molar-refractivity contribution in [2.45, 2.75) is 51.4 Å². The first-order chi connectivity index (χ1) is 15.1. The molecule has 4 heteroatoms. The molecular formula is C27H33N3O. The summed E-state index contributed by atoms with van der Waals surface area (Å²) in [6.45, 7) is 7.14. The monoisotopic (exact) mass is 415 g/mol. The molecule has 162 valence electrons. The molecule has 4 bridgehead atoms. The number of carbonyl (C=O) groups is 1. The summed E-state index contributed by atoms with van der Waals surface area (Å²) in [6, 6.07) is 21.3. The van der Waals surface area contributed by atoms with E-state index in [4.69, 9.17) is 4.99 Å². The Kier molecular flexibility index (Phi) is 5.43. The van der Waals surface area contributed by atoms with Crippen LogP contribution in [0.2, 0.25) is 0 Å². The van der Waals surface area contributed by atoms with Crippen LogP contribution in [0.1, 0.15) is 37.8 Å². The third-order valence-corrected chi connectivity index (χ3v) is 7.55. The number of aliphatic imine (C=N–C) groups is 1.